The second-order valence-electron chi connectivity index (χ2n) is 3.95. The normalized spacial score (nSPS) is 18.9. The number of hydrogen-bond acceptors (Lipinski definition) is 4. The van der Waals surface area contributed by atoms with E-state index in [9.17, 15) is 14.3 Å². The Labute approximate surface area is 92.1 Å². The molecule has 1 aromatic heterocycles. The predicted octanol–water partition coefficient (Wildman–Crippen LogP) is 0.786. The molecule has 1 aromatic rings. The summed E-state index contributed by atoms with van der Waals surface area (Å²) in [6.07, 6.45) is 1.51. The third kappa shape index (κ3) is 1.67. The molecule has 1 unspecified atom stereocenters. The zero-order valence-electron chi connectivity index (χ0n) is 8.81. The molecule has 1 saturated carbocycles. The summed E-state index contributed by atoms with van der Waals surface area (Å²) in [6.45, 7) is 0. The SMILES string of the molecule is COC(=O)C(O)C1(c2ccc(F)nc2)CC1. The van der Waals surface area contributed by atoms with Crippen molar-refractivity contribution in [1.82, 2.24) is 4.98 Å². The number of aliphatic hydroxyl groups is 1. The van der Waals surface area contributed by atoms with Crippen LogP contribution < -0.4 is 0 Å². The average Bonchev–Trinajstić information content (AvgIpc) is 3.09. The quantitative estimate of drug-likeness (QED) is 0.610. The molecule has 0 amide bonds. The van der Waals surface area contributed by atoms with Crippen LogP contribution in [0.5, 0.6) is 0 Å². The Balaban J connectivity index is 2.26. The maximum atomic E-state index is 12.7. The molecule has 0 spiro atoms. The van der Waals surface area contributed by atoms with E-state index in [0.717, 1.165) is 0 Å². The van der Waals surface area contributed by atoms with Gasteiger partial charge in [0.15, 0.2) is 6.10 Å². The van der Waals surface area contributed by atoms with Gasteiger partial charge in [-0.3, -0.25) is 0 Å². The first-order chi connectivity index (χ1) is 7.60. The number of aliphatic hydroxyl groups excluding tert-OH is 1. The van der Waals surface area contributed by atoms with E-state index in [-0.39, 0.29) is 0 Å². The molecule has 1 fully saturated rings. The van der Waals surface area contributed by atoms with Gasteiger partial charge < -0.3 is 9.84 Å². The Morgan fingerprint density at radius 3 is 2.75 bits per heavy atom. The van der Waals surface area contributed by atoms with Gasteiger partial charge in [0.25, 0.3) is 0 Å². The molecule has 0 bridgehead atoms. The van der Waals surface area contributed by atoms with Crippen LogP contribution in [0.15, 0.2) is 18.3 Å². The molecule has 1 heterocycles. The van der Waals surface area contributed by atoms with Gasteiger partial charge in [-0.25, -0.2) is 9.78 Å². The van der Waals surface area contributed by atoms with Crippen LogP contribution in [-0.2, 0) is 14.9 Å². The van der Waals surface area contributed by atoms with Crippen LogP contribution in [-0.4, -0.2) is 29.3 Å². The number of pyridine rings is 1. The molecular weight excluding hydrogens is 213 g/mol. The summed E-state index contributed by atoms with van der Waals surface area (Å²) < 4.78 is 17.2. The fraction of sp³-hybridized carbons (Fsp3) is 0.455. The summed E-state index contributed by atoms with van der Waals surface area (Å²) in [6, 6.07) is 2.76. The number of aromatic nitrogens is 1. The third-order valence-electron chi connectivity index (χ3n) is 3.04. The molecule has 0 saturated heterocycles. The first-order valence-corrected chi connectivity index (χ1v) is 4.98. The Kier molecular flexibility index (Phi) is 2.63. The topological polar surface area (TPSA) is 59.4 Å². The maximum Gasteiger partial charge on any atom is 0.335 e. The van der Waals surface area contributed by atoms with Gasteiger partial charge in [-0.1, -0.05) is 6.07 Å². The number of esters is 1. The number of ether oxygens (including phenoxy) is 1. The molecule has 1 aliphatic rings. The zero-order valence-corrected chi connectivity index (χ0v) is 8.81. The Bertz CT molecular complexity index is 400. The lowest BCUT2D eigenvalue weighted by Crippen LogP contribution is -2.35. The highest BCUT2D eigenvalue weighted by Gasteiger charge is 2.54. The highest BCUT2D eigenvalue weighted by molar-refractivity contribution is 5.77. The van der Waals surface area contributed by atoms with E-state index in [1.807, 2.05) is 0 Å². The number of nitrogens with zero attached hydrogens (tertiary/aromatic N) is 1. The van der Waals surface area contributed by atoms with Crippen molar-refractivity contribution in [2.24, 2.45) is 0 Å². The minimum Gasteiger partial charge on any atom is -0.467 e. The second kappa shape index (κ2) is 3.83. The number of rotatable bonds is 3. The summed E-state index contributed by atoms with van der Waals surface area (Å²) in [4.78, 5) is 14.8. The lowest BCUT2D eigenvalue weighted by Gasteiger charge is -2.19. The molecule has 86 valence electrons. The van der Waals surface area contributed by atoms with Crippen molar-refractivity contribution in [2.45, 2.75) is 24.4 Å². The smallest absolute Gasteiger partial charge is 0.335 e. The van der Waals surface area contributed by atoms with E-state index in [0.29, 0.717) is 18.4 Å². The monoisotopic (exact) mass is 225 g/mol. The lowest BCUT2D eigenvalue weighted by atomic mass is 9.91. The van der Waals surface area contributed by atoms with Crippen LogP contribution in [0.4, 0.5) is 4.39 Å². The van der Waals surface area contributed by atoms with Crippen LogP contribution in [0.3, 0.4) is 0 Å². The number of hydrogen-bond donors (Lipinski definition) is 1. The molecule has 2 rings (SSSR count). The molecule has 1 N–H and O–H groups in total. The zero-order chi connectivity index (χ0) is 11.8. The van der Waals surface area contributed by atoms with Crippen molar-refractivity contribution >= 4 is 5.97 Å². The molecular formula is C11H12FNO3. The molecule has 4 nitrogen and oxygen atoms in total. The van der Waals surface area contributed by atoms with Crippen LogP contribution in [0.1, 0.15) is 18.4 Å². The molecule has 5 heteroatoms. The molecule has 0 aliphatic heterocycles. The predicted molar refractivity (Wildman–Crippen MR) is 53.1 cm³/mol. The highest BCUT2D eigenvalue weighted by Crippen LogP contribution is 2.51. The fourth-order valence-corrected chi connectivity index (χ4v) is 1.86. The van der Waals surface area contributed by atoms with E-state index in [4.69, 9.17) is 0 Å². The van der Waals surface area contributed by atoms with Gasteiger partial charge in [0.1, 0.15) is 0 Å². The number of halogens is 1. The Hall–Kier alpha value is -1.49. The maximum absolute atomic E-state index is 12.7. The van der Waals surface area contributed by atoms with Gasteiger partial charge >= 0.3 is 5.97 Å². The summed E-state index contributed by atoms with van der Waals surface area (Å²) in [5.41, 5.74) is 0.0418. The molecule has 1 aliphatic carbocycles. The van der Waals surface area contributed by atoms with Crippen molar-refractivity contribution < 1.29 is 19.0 Å². The first kappa shape index (κ1) is 11.0. The molecule has 16 heavy (non-hydrogen) atoms. The minimum absolute atomic E-state index is 0.577. The number of carbonyl (C=O) groups excluding carboxylic acids is 1. The van der Waals surface area contributed by atoms with Crippen molar-refractivity contribution in [2.75, 3.05) is 7.11 Å². The fourth-order valence-electron chi connectivity index (χ4n) is 1.86. The first-order valence-electron chi connectivity index (χ1n) is 4.98. The third-order valence-corrected chi connectivity index (χ3v) is 3.04. The van der Waals surface area contributed by atoms with Gasteiger partial charge in [-0.05, 0) is 24.5 Å². The number of carbonyl (C=O) groups is 1. The van der Waals surface area contributed by atoms with E-state index in [1.165, 1.54) is 19.4 Å². The number of methoxy groups -OCH3 is 1. The molecule has 0 aromatic carbocycles. The summed E-state index contributed by atoms with van der Waals surface area (Å²) in [5.74, 6) is -1.24. The van der Waals surface area contributed by atoms with Crippen molar-refractivity contribution in [3.05, 3.63) is 29.8 Å². The van der Waals surface area contributed by atoms with Crippen LogP contribution in [0, 0.1) is 5.95 Å². The van der Waals surface area contributed by atoms with Crippen LogP contribution in [0.2, 0.25) is 0 Å². The van der Waals surface area contributed by atoms with Crippen LogP contribution >= 0.6 is 0 Å². The van der Waals surface area contributed by atoms with E-state index in [1.54, 1.807) is 6.07 Å². The standard InChI is InChI=1S/C11H12FNO3/c1-16-10(15)9(14)11(4-5-11)7-2-3-8(12)13-6-7/h2-3,6,9,14H,4-5H2,1H3. The van der Waals surface area contributed by atoms with Crippen molar-refractivity contribution in [3.8, 4) is 0 Å². The van der Waals surface area contributed by atoms with Gasteiger partial charge in [0.05, 0.1) is 7.11 Å². The Morgan fingerprint density at radius 2 is 2.31 bits per heavy atom. The van der Waals surface area contributed by atoms with Gasteiger partial charge in [-0.15, -0.1) is 0 Å². The Morgan fingerprint density at radius 1 is 1.62 bits per heavy atom. The molecule has 0 radical (unpaired) electrons. The summed E-state index contributed by atoms with van der Waals surface area (Å²) >= 11 is 0. The summed E-state index contributed by atoms with van der Waals surface area (Å²) in [7, 11) is 1.23. The van der Waals surface area contributed by atoms with E-state index in [2.05, 4.69) is 9.72 Å². The lowest BCUT2D eigenvalue weighted by molar-refractivity contribution is -0.152. The van der Waals surface area contributed by atoms with Crippen LogP contribution in [0.25, 0.3) is 0 Å². The second-order valence-corrected chi connectivity index (χ2v) is 3.95. The molecule has 1 atom stereocenters. The van der Waals surface area contributed by atoms with Crippen molar-refractivity contribution in [3.63, 3.8) is 0 Å². The van der Waals surface area contributed by atoms with Gasteiger partial charge in [0.2, 0.25) is 5.95 Å². The van der Waals surface area contributed by atoms with Gasteiger partial charge in [-0.2, -0.15) is 4.39 Å². The van der Waals surface area contributed by atoms with E-state index < -0.39 is 23.4 Å². The minimum atomic E-state index is -1.20. The van der Waals surface area contributed by atoms with E-state index >= 15 is 0 Å². The largest absolute Gasteiger partial charge is 0.467 e. The van der Waals surface area contributed by atoms with Crippen molar-refractivity contribution in [1.29, 1.82) is 0 Å². The van der Waals surface area contributed by atoms with Gasteiger partial charge in [0, 0.05) is 11.6 Å². The average molecular weight is 225 g/mol. The summed E-state index contributed by atoms with van der Waals surface area (Å²) in [5, 5.41) is 9.83. The highest BCUT2D eigenvalue weighted by atomic mass is 19.1.